The third-order valence-corrected chi connectivity index (χ3v) is 3.93. The maximum absolute atomic E-state index is 12.2. The normalized spacial score (nSPS) is 12.9. The molecule has 7 heteroatoms. The van der Waals surface area contributed by atoms with E-state index in [1.165, 1.54) is 6.07 Å². The zero-order chi connectivity index (χ0) is 16.4. The third-order valence-electron chi connectivity index (χ3n) is 3.20. The van der Waals surface area contributed by atoms with Gasteiger partial charge in [-0.25, -0.2) is 0 Å². The molecule has 0 radical (unpaired) electrons. The summed E-state index contributed by atoms with van der Waals surface area (Å²) in [6.45, 7) is -0.188. The molecule has 0 fully saturated rings. The molecule has 2 aromatic rings. The lowest BCUT2D eigenvalue weighted by Crippen LogP contribution is -2.25. The summed E-state index contributed by atoms with van der Waals surface area (Å²) in [6, 6.07) is 9.58. The number of halogens is 2. The molecular formula is C16H11Cl2NO4. The Hall–Kier alpha value is -2.24. The Bertz CT molecular complexity index is 792. The summed E-state index contributed by atoms with van der Waals surface area (Å²) in [7, 11) is 0. The Balaban J connectivity index is 1.69. The number of hydrogen-bond acceptors (Lipinski definition) is 4. The number of anilines is 1. The van der Waals surface area contributed by atoms with Crippen molar-refractivity contribution < 1.29 is 19.1 Å². The number of nitrogens with one attached hydrogen (secondary N) is 1. The van der Waals surface area contributed by atoms with Crippen LogP contribution in [-0.2, 0) is 4.79 Å². The monoisotopic (exact) mass is 351 g/mol. The van der Waals surface area contributed by atoms with Gasteiger partial charge >= 0.3 is 0 Å². The summed E-state index contributed by atoms with van der Waals surface area (Å²) in [5.74, 6) is 0.488. The molecule has 118 valence electrons. The Morgan fingerprint density at radius 2 is 2.00 bits per heavy atom. The molecule has 1 heterocycles. The van der Waals surface area contributed by atoms with Crippen LogP contribution in [0.25, 0.3) is 0 Å². The SMILES string of the molecule is O=C1COc2ccc(C(=O)COc3ccc(Cl)c(Cl)c3)cc2N1. The fourth-order valence-electron chi connectivity index (χ4n) is 2.06. The van der Waals surface area contributed by atoms with Crippen LogP contribution in [0.1, 0.15) is 10.4 Å². The van der Waals surface area contributed by atoms with Gasteiger partial charge in [0.15, 0.2) is 19.0 Å². The minimum absolute atomic E-state index is 0.0271. The minimum atomic E-state index is -0.255. The van der Waals surface area contributed by atoms with E-state index in [2.05, 4.69) is 5.32 Å². The number of hydrogen-bond donors (Lipinski definition) is 1. The molecule has 1 aliphatic rings. The van der Waals surface area contributed by atoms with Crippen molar-refractivity contribution in [2.45, 2.75) is 0 Å². The van der Waals surface area contributed by atoms with E-state index < -0.39 is 0 Å². The molecule has 0 saturated carbocycles. The first kappa shape index (κ1) is 15.6. The molecule has 1 aliphatic heterocycles. The van der Waals surface area contributed by atoms with E-state index in [0.29, 0.717) is 32.8 Å². The summed E-state index contributed by atoms with van der Waals surface area (Å²) in [5.41, 5.74) is 0.885. The molecule has 5 nitrogen and oxygen atoms in total. The lowest BCUT2D eigenvalue weighted by Gasteiger charge is -2.18. The van der Waals surface area contributed by atoms with Gasteiger partial charge in [0.1, 0.15) is 11.5 Å². The number of rotatable bonds is 4. The van der Waals surface area contributed by atoms with Crippen LogP contribution in [0, 0.1) is 0 Å². The van der Waals surface area contributed by atoms with Crippen LogP contribution in [0.3, 0.4) is 0 Å². The van der Waals surface area contributed by atoms with Crippen LogP contribution >= 0.6 is 23.2 Å². The molecule has 23 heavy (non-hydrogen) atoms. The molecule has 0 spiro atoms. The molecule has 1 N–H and O–H groups in total. The van der Waals surface area contributed by atoms with Gasteiger partial charge in [-0.05, 0) is 30.3 Å². The fraction of sp³-hybridized carbons (Fsp3) is 0.125. The quantitative estimate of drug-likeness (QED) is 0.855. The zero-order valence-electron chi connectivity index (χ0n) is 11.8. The van der Waals surface area contributed by atoms with E-state index in [-0.39, 0.29) is 24.9 Å². The predicted molar refractivity (Wildman–Crippen MR) is 86.9 cm³/mol. The van der Waals surface area contributed by atoms with Crippen molar-refractivity contribution in [2.24, 2.45) is 0 Å². The Morgan fingerprint density at radius 1 is 1.17 bits per heavy atom. The van der Waals surface area contributed by atoms with Crippen molar-refractivity contribution >= 4 is 40.6 Å². The van der Waals surface area contributed by atoms with Crippen molar-refractivity contribution in [1.82, 2.24) is 0 Å². The molecule has 0 bridgehead atoms. The van der Waals surface area contributed by atoms with Crippen LogP contribution in [0.2, 0.25) is 10.0 Å². The maximum Gasteiger partial charge on any atom is 0.262 e. The van der Waals surface area contributed by atoms with Gasteiger partial charge in [0.2, 0.25) is 0 Å². The van der Waals surface area contributed by atoms with Crippen LogP contribution in [-0.4, -0.2) is 24.9 Å². The van der Waals surface area contributed by atoms with Gasteiger partial charge in [-0.15, -0.1) is 0 Å². The predicted octanol–water partition coefficient (Wildman–Crippen LogP) is 3.59. The van der Waals surface area contributed by atoms with Crippen molar-refractivity contribution in [3.05, 3.63) is 52.0 Å². The third kappa shape index (κ3) is 3.57. The molecule has 0 unspecified atom stereocenters. The molecule has 0 saturated heterocycles. The average Bonchev–Trinajstić information content (AvgIpc) is 2.55. The lowest BCUT2D eigenvalue weighted by molar-refractivity contribution is -0.118. The second-order valence-corrected chi connectivity index (χ2v) is 5.65. The van der Waals surface area contributed by atoms with E-state index in [9.17, 15) is 9.59 Å². The number of benzene rings is 2. The highest BCUT2D eigenvalue weighted by Crippen LogP contribution is 2.29. The van der Waals surface area contributed by atoms with Gasteiger partial charge < -0.3 is 14.8 Å². The van der Waals surface area contributed by atoms with Gasteiger partial charge in [-0.3, -0.25) is 9.59 Å². The summed E-state index contributed by atoms with van der Waals surface area (Å²) in [6.07, 6.45) is 0. The highest BCUT2D eigenvalue weighted by Gasteiger charge is 2.18. The van der Waals surface area contributed by atoms with Crippen molar-refractivity contribution in [2.75, 3.05) is 18.5 Å². The van der Waals surface area contributed by atoms with E-state index in [1.807, 2.05) is 0 Å². The largest absolute Gasteiger partial charge is 0.485 e. The van der Waals surface area contributed by atoms with Crippen LogP contribution in [0.15, 0.2) is 36.4 Å². The summed E-state index contributed by atoms with van der Waals surface area (Å²) < 4.78 is 10.7. The van der Waals surface area contributed by atoms with Gasteiger partial charge in [0, 0.05) is 11.6 Å². The molecule has 0 atom stereocenters. The molecular weight excluding hydrogens is 341 g/mol. The minimum Gasteiger partial charge on any atom is -0.485 e. The number of amides is 1. The fourth-order valence-corrected chi connectivity index (χ4v) is 2.34. The van der Waals surface area contributed by atoms with Gasteiger partial charge in [-0.2, -0.15) is 0 Å². The first-order valence-electron chi connectivity index (χ1n) is 6.70. The Morgan fingerprint density at radius 3 is 2.78 bits per heavy atom. The number of ketones is 1. The lowest BCUT2D eigenvalue weighted by atomic mass is 10.1. The number of Topliss-reactive ketones (excluding diaryl/α,β-unsaturated/α-hetero) is 1. The number of fused-ring (bicyclic) bond motifs is 1. The topological polar surface area (TPSA) is 64.6 Å². The molecule has 0 aliphatic carbocycles. The second-order valence-electron chi connectivity index (χ2n) is 4.84. The Kier molecular flexibility index (Phi) is 4.41. The molecule has 1 amide bonds. The van der Waals surface area contributed by atoms with Crippen LogP contribution in [0.5, 0.6) is 11.5 Å². The summed E-state index contributed by atoms with van der Waals surface area (Å²) in [4.78, 5) is 23.5. The Labute approximate surface area is 142 Å². The van der Waals surface area contributed by atoms with Crippen LogP contribution < -0.4 is 14.8 Å². The van der Waals surface area contributed by atoms with Crippen molar-refractivity contribution in [3.8, 4) is 11.5 Å². The van der Waals surface area contributed by atoms with Crippen LogP contribution in [0.4, 0.5) is 5.69 Å². The van der Waals surface area contributed by atoms with Gasteiger partial charge in [0.05, 0.1) is 15.7 Å². The van der Waals surface area contributed by atoms with Crippen molar-refractivity contribution in [3.63, 3.8) is 0 Å². The first-order chi connectivity index (χ1) is 11.0. The summed E-state index contributed by atoms with van der Waals surface area (Å²) >= 11 is 11.7. The standard InChI is InChI=1S/C16H11Cl2NO4/c17-11-3-2-10(6-12(11)18)22-7-14(20)9-1-4-15-13(5-9)19-16(21)8-23-15/h1-6H,7-8H2,(H,19,21). The van der Waals surface area contributed by atoms with Gasteiger partial charge in [0.25, 0.3) is 5.91 Å². The highest BCUT2D eigenvalue weighted by molar-refractivity contribution is 6.42. The maximum atomic E-state index is 12.2. The molecule has 3 rings (SSSR count). The second kappa shape index (κ2) is 6.48. The summed E-state index contributed by atoms with van der Waals surface area (Å²) in [5, 5.41) is 3.42. The highest BCUT2D eigenvalue weighted by atomic mass is 35.5. The van der Waals surface area contributed by atoms with E-state index in [4.69, 9.17) is 32.7 Å². The average molecular weight is 352 g/mol. The first-order valence-corrected chi connectivity index (χ1v) is 7.46. The van der Waals surface area contributed by atoms with E-state index in [1.54, 1.807) is 30.3 Å². The smallest absolute Gasteiger partial charge is 0.262 e. The number of carbonyl (C=O) groups is 2. The number of carbonyl (C=O) groups excluding carboxylic acids is 2. The van der Waals surface area contributed by atoms with Gasteiger partial charge in [-0.1, -0.05) is 23.2 Å². The van der Waals surface area contributed by atoms with E-state index >= 15 is 0 Å². The molecule has 2 aromatic carbocycles. The molecule has 0 aromatic heterocycles. The van der Waals surface area contributed by atoms with E-state index in [0.717, 1.165) is 0 Å². The number of ether oxygens (including phenoxy) is 2. The van der Waals surface area contributed by atoms with Crippen molar-refractivity contribution in [1.29, 1.82) is 0 Å². The zero-order valence-corrected chi connectivity index (χ0v) is 13.3.